The Kier molecular flexibility index (Phi) is 9.39. The molecule has 35 heavy (non-hydrogen) atoms. The molecule has 3 fully saturated rings. The molecule has 0 bridgehead atoms. The van der Waals surface area contributed by atoms with Crippen molar-refractivity contribution in [1.29, 1.82) is 0 Å². The normalized spacial score (nSPS) is 31.5. The third kappa shape index (κ3) is 7.07. The highest BCUT2D eigenvalue weighted by Gasteiger charge is 2.46. The first kappa shape index (κ1) is 27.7. The number of rotatable bonds is 8. The van der Waals surface area contributed by atoms with Crippen LogP contribution >= 0.6 is 0 Å². The average Bonchev–Trinajstić information content (AvgIpc) is 3.18. The molecule has 0 spiro atoms. The molecule has 0 radical (unpaired) electrons. The van der Waals surface area contributed by atoms with Gasteiger partial charge in [0.2, 0.25) is 0 Å². The molecule has 1 amide bonds. The van der Waals surface area contributed by atoms with Crippen molar-refractivity contribution in [3.8, 4) is 0 Å². The predicted molar refractivity (Wildman–Crippen MR) is 125 cm³/mol. The monoisotopic (exact) mass is 518 g/mol. The van der Waals surface area contributed by atoms with Crippen molar-refractivity contribution in [2.75, 3.05) is 46.2 Å². The van der Waals surface area contributed by atoms with Gasteiger partial charge >= 0.3 is 18.0 Å². The topological polar surface area (TPSA) is 129 Å². The molecule has 2 saturated heterocycles. The number of hydrogen-bond donors (Lipinski definition) is 0. The smallest absolute Gasteiger partial charge is 0.410 e. The lowest BCUT2D eigenvalue weighted by Crippen LogP contribution is -2.55. The number of carbonyl (C=O) groups excluding carboxylic acids is 3. The third-order valence-electron chi connectivity index (χ3n) is 7.28. The van der Waals surface area contributed by atoms with E-state index in [0.29, 0.717) is 26.1 Å². The molecule has 0 aromatic carbocycles. The van der Waals surface area contributed by atoms with E-state index in [2.05, 4.69) is 0 Å². The molecule has 3 aliphatic rings. The van der Waals surface area contributed by atoms with Gasteiger partial charge in [-0.15, -0.1) is 0 Å². The minimum Gasteiger partial charge on any atom is -0.465 e. The maximum atomic E-state index is 12.6. The standard InChI is InChI=1S/C23H38N2O9S/c1-5-32-21(26)19-11-18(34-35(4,29)30)14-24(19)12-15-7-8-16-13-25(23(28)31-3)20(10-17(16)9-15)22(27)33-6-2/h15-20H,5-14H2,1-4H3/t15-,16-,17?,18+,19-,20?/m0/s1. The van der Waals surface area contributed by atoms with Gasteiger partial charge in [0.05, 0.1) is 32.7 Å². The molecule has 200 valence electrons. The second-order valence-corrected chi connectivity index (χ2v) is 11.3. The summed E-state index contributed by atoms with van der Waals surface area (Å²) >= 11 is 0. The number of hydrogen-bond acceptors (Lipinski definition) is 10. The molecule has 0 aromatic heterocycles. The van der Waals surface area contributed by atoms with E-state index in [1.165, 1.54) is 12.0 Å². The number of nitrogens with zero attached hydrogens (tertiary/aromatic N) is 2. The van der Waals surface area contributed by atoms with Gasteiger partial charge in [-0.3, -0.25) is 18.8 Å². The van der Waals surface area contributed by atoms with E-state index in [0.717, 1.165) is 25.5 Å². The van der Waals surface area contributed by atoms with E-state index in [9.17, 15) is 22.8 Å². The van der Waals surface area contributed by atoms with Gasteiger partial charge < -0.3 is 14.2 Å². The van der Waals surface area contributed by atoms with Crippen LogP contribution < -0.4 is 0 Å². The number of piperidine rings is 1. The van der Waals surface area contributed by atoms with Crippen molar-refractivity contribution < 1.29 is 41.2 Å². The predicted octanol–water partition coefficient (Wildman–Crippen LogP) is 1.40. The molecule has 11 nitrogen and oxygen atoms in total. The Morgan fingerprint density at radius 1 is 0.886 bits per heavy atom. The molecule has 3 rings (SSSR count). The van der Waals surface area contributed by atoms with Crippen LogP contribution in [0, 0.1) is 17.8 Å². The summed E-state index contributed by atoms with van der Waals surface area (Å²) in [7, 11) is -2.33. The SMILES string of the molecule is CCOC(=O)C1CC2C[C@@H](CN3C[C@H](OS(C)(=O)=O)C[C@H]3C(=O)OCC)CC[C@H]2CN1C(=O)OC. The zero-order chi connectivity index (χ0) is 25.8. The van der Waals surface area contributed by atoms with Crippen LogP contribution in [0.4, 0.5) is 4.79 Å². The number of ether oxygens (including phenoxy) is 3. The Morgan fingerprint density at radius 3 is 2.14 bits per heavy atom. The van der Waals surface area contributed by atoms with Gasteiger partial charge in [0, 0.05) is 26.1 Å². The van der Waals surface area contributed by atoms with Crippen molar-refractivity contribution in [2.45, 2.75) is 64.1 Å². The molecule has 1 saturated carbocycles. The molecule has 6 atom stereocenters. The maximum absolute atomic E-state index is 12.6. The first-order chi connectivity index (χ1) is 16.6. The van der Waals surface area contributed by atoms with Crippen molar-refractivity contribution in [2.24, 2.45) is 17.8 Å². The molecule has 0 aromatic rings. The number of likely N-dealkylation sites (tertiary alicyclic amines) is 2. The zero-order valence-electron chi connectivity index (χ0n) is 21.0. The first-order valence-electron chi connectivity index (χ1n) is 12.4. The maximum Gasteiger partial charge on any atom is 0.410 e. The van der Waals surface area contributed by atoms with Gasteiger partial charge in [0.15, 0.2) is 0 Å². The van der Waals surface area contributed by atoms with E-state index in [1.54, 1.807) is 13.8 Å². The van der Waals surface area contributed by atoms with Crippen LogP contribution in [0.25, 0.3) is 0 Å². The lowest BCUT2D eigenvalue weighted by atomic mass is 9.69. The Balaban J connectivity index is 1.68. The second kappa shape index (κ2) is 11.9. The Morgan fingerprint density at radius 2 is 1.54 bits per heavy atom. The van der Waals surface area contributed by atoms with Crippen molar-refractivity contribution >= 4 is 28.1 Å². The summed E-state index contributed by atoms with van der Waals surface area (Å²) < 4.78 is 43.8. The average molecular weight is 519 g/mol. The molecule has 0 N–H and O–H groups in total. The van der Waals surface area contributed by atoms with Crippen LogP contribution in [0.5, 0.6) is 0 Å². The highest BCUT2D eigenvalue weighted by Crippen LogP contribution is 2.42. The van der Waals surface area contributed by atoms with Crippen molar-refractivity contribution in [1.82, 2.24) is 9.80 Å². The molecular formula is C23H38N2O9S. The highest BCUT2D eigenvalue weighted by atomic mass is 32.2. The fourth-order valence-corrected chi connectivity index (χ4v) is 6.52. The van der Waals surface area contributed by atoms with Gasteiger partial charge in [-0.2, -0.15) is 8.42 Å². The molecule has 2 unspecified atom stereocenters. The fraction of sp³-hybridized carbons (Fsp3) is 0.870. The zero-order valence-corrected chi connectivity index (χ0v) is 21.8. The summed E-state index contributed by atoms with van der Waals surface area (Å²) in [5.41, 5.74) is 0. The summed E-state index contributed by atoms with van der Waals surface area (Å²) in [5.74, 6) is -0.0269. The number of amides is 1. The summed E-state index contributed by atoms with van der Waals surface area (Å²) in [4.78, 5) is 41.0. The van der Waals surface area contributed by atoms with Crippen LogP contribution in [0.1, 0.15) is 46.0 Å². The summed E-state index contributed by atoms with van der Waals surface area (Å²) in [6.07, 6.45) is 3.32. The minimum atomic E-state index is -3.64. The number of carbonyl (C=O) groups is 3. The van der Waals surface area contributed by atoms with E-state index >= 15 is 0 Å². The Bertz CT molecular complexity index is 880. The largest absolute Gasteiger partial charge is 0.465 e. The van der Waals surface area contributed by atoms with Crippen LogP contribution in [-0.2, 0) is 38.1 Å². The Hall–Kier alpha value is -1.92. The highest BCUT2D eigenvalue weighted by molar-refractivity contribution is 7.86. The van der Waals surface area contributed by atoms with Gasteiger partial charge in [-0.1, -0.05) is 0 Å². The van der Waals surface area contributed by atoms with Gasteiger partial charge in [-0.25, -0.2) is 9.59 Å². The number of esters is 2. The Labute approximate surface area is 207 Å². The molecule has 2 aliphatic heterocycles. The van der Waals surface area contributed by atoms with Crippen LogP contribution in [0.15, 0.2) is 0 Å². The van der Waals surface area contributed by atoms with E-state index in [-0.39, 0.29) is 43.4 Å². The van der Waals surface area contributed by atoms with Crippen molar-refractivity contribution in [3.05, 3.63) is 0 Å². The lowest BCUT2D eigenvalue weighted by Gasteiger charge is -2.46. The molecule has 1 aliphatic carbocycles. The number of methoxy groups -OCH3 is 1. The molecular weight excluding hydrogens is 480 g/mol. The van der Waals surface area contributed by atoms with E-state index in [1.807, 2.05) is 4.90 Å². The van der Waals surface area contributed by atoms with E-state index < -0.39 is 40.4 Å². The second-order valence-electron chi connectivity index (χ2n) is 9.70. The molecule has 12 heteroatoms. The van der Waals surface area contributed by atoms with Crippen molar-refractivity contribution in [3.63, 3.8) is 0 Å². The minimum absolute atomic E-state index is 0.232. The first-order valence-corrected chi connectivity index (χ1v) is 14.2. The van der Waals surface area contributed by atoms with Gasteiger partial charge in [0.1, 0.15) is 12.1 Å². The van der Waals surface area contributed by atoms with Crippen LogP contribution in [-0.4, -0.2) is 101 Å². The van der Waals surface area contributed by atoms with Gasteiger partial charge in [-0.05, 0) is 57.3 Å². The van der Waals surface area contributed by atoms with E-state index in [4.69, 9.17) is 18.4 Å². The lowest BCUT2D eigenvalue weighted by molar-refractivity contribution is -0.153. The summed E-state index contributed by atoms with van der Waals surface area (Å²) in [6.45, 7) is 5.36. The van der Waals surface area contributed by atoms with Gasteiger partial charge in [0.25, 0.3) is 10.1 Å². The quantitative estimate of drug-likeness (QED) is 0.264. The summed E-state index contributed by atoms with van der Waals surface area (Å²) in [6, 6.07) is -1.22. The van der Waals surface area contributed by atoms with Crippen LogP contribution in [0.3, 0.4) is 0 Å². The van der Waals surface area contributed by atoms with Crippen LogP contribution in [0.2, 0.25) is 0 Å². The molecule has 2 heterocycles. The third-order valence-corrected chi connectivity index (χ3v) is 7.90. The number of fused-ring (bicyclic) bond motifs is 1. The summed E-state index contributed by atoms with van der Waals surface area (Å²) in [5, 5.41) is 0. The fourth-order valence-electron chi connectivity index (χ4n) is 5.89.